The number of hydrogen-bond acceptors (Lipinski definition) is 4. The van der Waals surface area contributed by atoms with Gasteiger partial charge in [0.05, 0.1) is 10.9 Å². The van der Waals surface area contributed by atoms with E-state index >= 15 is 0 Å². The van der Waals surface area contributed by atoms with Crippen LogP contribution in [0.3, 0.4) is 0 Å². The highest BCUT2D eigenvalue weighted by molar-refractivity contribution is 7.89. The molecule has 5 rings (SSSR count). The molecule has 1 aliphatic rings. The van der Waals surface area contributed by atoms with E-state index in [1.165, 1.54) is 16.4 Å². The van der Waals surface area contributed by atoms with E-state index in [-0.39, 0.29) is 17.3 Å². The summed E-state index contributed by atoms with van der Waals surface area (Å²) in [6.45, 7) is 2.80. The third-order valence-corrected chi connectivity index (χ3v) is 8.92. The van der Waals surface area contributed by atoms with Crippen LogP contribution >= 0.6 is 0 Å². The van der Waals surface area contributed by atoms with Gasteiger partial charge in [0.1, 0.15) is 5.82 Å². The van der Waals surface area contributed by atoms with Gasteiger partial charge in [0.25, 0.3) is 0 Å². The zero-order valence-electron chi connectivity index (χ0n) is 21.9. The third kappa shape index (κ3) is 5.73. The van der Waals surface area contributed by atoms with Gasteiger partial charge in [-0.3, -0.25) is 0 Å². The number of piperazine rings is 1. The summed E-state index contributed by atoms with van der Waals surface area (Å²) in [7, 11) is -3.87. The summed E-state index contributed by atoms with van der Waals surface area (Å²) in [5.41, 5.74) is 4.25. The first kappa shape index (κ1) is 27.1. The van der Waals surface area contributed by atoms with E-state index in [0.29, 0.717) is 19.0 Å². The van der Waals surface area contributed by atoms with Crippen molar-refractivity contribution in [2.45, 2.75) is 17.9 Å². The van der Waals surface area contributed by atoms with Crippen LogP contribution in [0.15, 0.2) is 113 Å². The van der Waals surface area contributed by atoms with Gasteiger partial charge in [0.15, 0.2) is 0 Å². The molecule has 0 saturated carbocycles. The van der Waals surface area contributed by atoms with E-state index in [1.54, 1.807) is 36.4 Å². The van der Waals surface area contributed by atoms with Gasteiger partial charge in [0, 0.05) is 25.3 Å². The van der Waals surface area contributed by atoms with Crippen LogP contribution in [-0.2, 0) is 10.0 Å². The smallest absolute Gasteiger partial charge is 0.243 e. The van der Waals surface area contributed by atoms with E-state index in [1.807, 2.05) is 72.6 Å². The third-order valence-electron chi connectivity index (χ3n) is 7.00. The van der Waals surface area contributed by atoms with Gasteiger partial charge < -0.3 is 10.2 Å². The molecule has 0 spiro atoms. The highest BCUT2D eigenvalue weighted by atomic mass is 32.2. The molecule has 40 heavy (non-hydrogen) atoms. The van der Waals surface area contributed by atoms with Crippen molar-refractivity contribution in [3.05, 3.63) is 120 Å². The topological polar surface area (TPSA) is 88.8 Å². The quantitative estimate of drug-likeness (QED) is 0.192. The van der Waals surface area contributed by atoms with Crippen LogP contribution in [0.2, 0.25) is 0 Å². The number of benzene rings is 4. The second-order valence-electron chi connectivity index (χ2n) is 9.49. The summed E-state index contributed by atoms with van der Waals surface area (Å²) < 4.78 is 42.8. The number of guanidine groups is 1. The van der Waals surface area contributed by atoms with Gasteiger partial charge in [-0.05, 0) is 59.5 Å². The van der Waals surface area contributed by atoms with Crippen LogP contribution < -0.4 is 5.32 Å². The standard InChI is InChI=1S/C31H28FN5O2S/c1-23-7-5-6-10-29(23)35-31(34-22-33)36-19-20-37(30(21-36)26-8-3-2-4-9-26)40(38,39)28-17-13-25(14-18-28)24-11-15-27(32)16-12-24/h2-18,30H,19-21H2,1H3,(H,34,35). The number of rotatable bonds is 5. The van der Waals surface area contributed by atoms with Gasteiger partial charge in [-0.25, -0.2) is 12.8 Å². The van der Waals surface area contributed by atoms with Crippen molar-refractivity contribution in [2.75, 3.05) is 25.0 Å². The monoisotopic (exact) mass is 553 g/mol. The Morgan fingerprint density at radius 1 is 0.900 bits per heavy atom. The highest BCUT2D eigenvalue weighted by Crippen LogP contribution is 2.32. The number of anilines is 1. The molecule has 0 aromatic heterocycles. The van der Waals surface area contributed by atoms with E-state index < -0.39 is 16.1 Å². The van der Waals surface area contributed by atoms with Gasteiger partial charge in [-0.1, -0.05) is 72.8 Å². The van der Waals surface area contributed by atoms with Gasteiger partial charge in [0.2, 0.25) is 22.2 Å². The van der Waals surface area contributed by atoms with Crippen molar-refractivity contribution in [3.63, 3.8) is 0 Å². The molecular weight excluding hydrogens is 525 g/mol. The Kier molecular flexibility index (Phi) is 7.91. The number of halogens is 1. The number of aliphatic imine (C=N–C) groups is 1. The fraction of sp³-hybridized carbons (Fsp3) is 0.161. The number of hydrogen-bond donors (Lipinski definition) is 1. The van der Waals surface area contributed by atoms with Crippen LogP contribution in [0.4, 0.5) is 10.1 Å². The van der Waals surface area contributed by atoms with E-state index in [0.717, 1.165) is 27.9 Å². The minimum Gasteiger partial charge on any atom is -0.339 e. The summed E-state index contributed by atoms with van der Waals surface area (Å²) in [6, 6.07) is 29.4. The molecule has 1 N–H and O–H groups in total. The average Bonchev–Trinajstić information content (AvgIpc) is 2.98. The lowest BCUT2D eigenvalue weighted by Gasteiger charge is -2.41. The minimum absolute atomic E-state index is 0.177. The summed E-state index contributed by atoms with van der Waals surface area (Å²) in [4.78, 5) is 6.14. The summed E-state index contributed by atoms with van der Waals surface area (Å²) in [6.07, 6.45) is 1.88. The molecular formula is C31H28FN5O2S. The molecule has 7 nitrogen and oxygen atoms in total. The van der Waals surface area contributed by atoms with Gasteiger partial charge in [-0.2, -0.15) is 9.57 Å². The maximum atomic E-state index is 14.0. The number of nitrogens with one attached hydrogen (secondary N) is 1. The van der Waals surface area contributed by atoms with E-state index in [4.69, 9.17) is 0 Å². The Bertz CT molecular complexity index is 1650. The minimum atomic E-state index is -3.87. The van der Waals surface area contributed by atoms with Crippen LogP contribution in [0, 0.1) is 24.2 Å². The van der Waals surface area contributed by atoms with Crippen molar-refractivity contribution >= 4 is 21.7 Å². The molecule has 0 aliphatic carbocycles. The number of nitriles is 1. The Morgan fingerprint density at radius 2 is 1.52 bits per heavy atom. The van der Waals surface area contributed by atoms with E-state index in [9.17, 15) is 18.1 Å². The Balaban J connectivity index is 1.44. The van der Waals surface area contributed by atoms with Gasteiger partial charge >= 0.3 is 0 Å². The molecule has 1 aliphatic heterocycles. The van der Waals surface area contributed by atoms with Crippen molar-refractivity contribution in [1.29, 1.82) is 5.26 Å². The molecule has 1 heterocycles. The van der Waals surface area contributed by atoms with Crippen LogP contribution in [-0.4, -0.2) is 43.2 Å². The average molecular weight is 554 g/mol. The van der Waals surface area contributed by atoms with Crippen molar-refractivity contribution in [3.8, 4) is 17.3 Å². The molecule has 1 atom stereocenters. The number of sulfonamides is 1. The molecule has 9 heteroatoms. The molecule has 202 valence electrons. The van der Waals surface area contributed by atoms with Crippen molar-refractivity contribution in [2.24, 2.45) is 4.99 Å². The first-order valence-electron chi connectivity index (χ1n) is 12.8. The zero-order chi connectivity index (χ0) is 28.1. The molecule has 0 radical (unpaired) electrons. The predicted molar refractivity (Wildman–Crippen MR) is 154 cm³/mol. The normalized spacial score (nSPS) is 16.4. The fourth-order valence-corrected chi connectivity index (χ4v) is 6.45. The van der Waals surface area contributed by atoms with Crippen LogP contribution in [0.1, 0.15) is 17.2 Å². The maximum Gasteiger partial charge on any atom is 0.243 e. The number of nitrogens with zero attached hydrogens (tertiary/aromatic N) is 4. The lowest BCUT2D eigenvalue weighted by atomic mass is 10.0. The van der Waals surface area contributed by atoms with Crippen molar-refractivity contribution < 1.29 is 12.8 Å². The number of aryl methyl sites for hydroxylation is 1. The SMILES string of the molecule is Cc1ccccc1N/C(=N\C#N)N1CCN(S(=O)(=O)c2ccc(-c3ccc(F)cc3)cc2)C(c2ccccc2)C1. The van der Waals surface area contributed by atoms with E-state index in [2.05, 4.69) is 10.3 Å². The molecule has 1 fully saturated rings. The fourth-order valence-electron chi connectivity index (χ4n) is 4.85. The second-order valence-corrected chi connectivity index (χ2v) is 11.4. The first-order chi connectivity index (χ1) is 19.4. The summed E-state index contributed by atoms with van der Waals surface area (Å²) in [5.74, 6) is 0.0459. The highest BCUT2D eigenvalue weighted by Gasteiger charge is 2.38. The van der Waals surface area contributed by atoms with Gasteiger partial charge in [-0.15, -0.1) is 4.99 Å². The van der Waals surface area contributed by atoms with Crippen molar-refractivity contribution in [1.82, 2.24) is 9.21 Å². The zero-order valence-corrected chi connectivity index (χ0v) is 22.7. The summed E-state index contributed by atoms with van der Waals surface area (Å²) >= 11 is 0. The second kappa shape index (κ2) is 11.7. The molecule has 4 aromatic rings. The maximum absolute atomic E-state index is 14.0. The molecule has 0 bridgehead atoms. The predicted octanol–water partition coefficient (Wildman–Crippen LogP) is 5.80. The molecule has 0 amide bonds. The Morgan fingerprint density at radius 3 is 2.17 bits per heavy atom. The van der Waals surface area contributed by atoms with Crippen LogP contribution in [0.25, 0.3) is 11.1 Å². The lowest BCUT2D eigenvalue weighted by Crippen LogP contribution is -2.53. The number of para-hydroxylation sites is 1. The molecule has 1 saturated heterocycles. The van der Waals surface area contributed by atoms with Crippen LogP contribution in [0.5, 0.6) is 0 Å². The first-order valence-corrected chi connectivity index (χ1v) is 14.3. The molecule has 1 unspecified atom stereocenters. The summed E-state index contributed by atoms with van der Waals surface area (Å²) in [5, 5.41) is 12.7. The Hall–Kier alpha value is -4.52. The lowest BCUT2D eigenvalue weighted by molar-refractivity contribution is 0.194. The Labute approximate surface area is 233 Å². The largest absolute Gasteiger partial charge is 0.339 e. The molecule has 4 aromatic carbocycles.